The van der Waals surface area contributed by atoms with Crippen molar-refractivity contribution in [3.05, 3.63) is 29.8 Å². The fourth-order valence-electron chi connectivity index (χ4n) is 2.57. The zero-order chi connectivity index (χ0) is 16.2. The van der Waals surface area contributed by atoms with Crippen molar-refractivity contribution in [1.29, 1.82) is 0 Å². The van der Waals surface area contributed by atoms with Gasteiger partial charge in [-0.2, -0.15) is 0 Å². The molecule has 0 heterocycles. The van der Waals surface area contributed by atoms with Crippen molar-refractivity contribution >= 4 is 23.0 Å². The molecule has 22 heavy (non-hydrogen) atoms. The van der Waals surface area contributed by atoms with E-state index in [1.54, 1.807) is 0 Å². The molecule has 0 saturated carbocycles. The normalized spacial score (nSPS) is 10.5. The molecule has 0 amide bonds. The van der Waals surface area contributed by atoms with Crippen LogP contribution in [0.25, 0.3) is 0 Å². The number of anilines is 1. The zero-order valence-corrected chi connectivity index (χ0v) is 15.3. The van der Waals surface area contributed by atoms with Crippen molar-refractivity contribution in [3.8, 4) is 0 Å². The maximum Gasteiger partial charge on any atom is 0.173 e. The van der Waals surface area contributed by atoms with Crippen LogP contribution >= 0.6 is 12.2 Å². The third-order valence-electron chi connectivity index (χ3n) is 3.99. The Morgan fingerprint density at radius 1 is 0.955 bits per heavy atom. The monoisotopic (exact) mass is 320 g/mol. The van der Waals surface area contributed by atoms with E-state index in [0.29, 0.717) is 0 Å². The number of thiocarbonyl (C=S) groups is 1. The first-order chi connectivity index (χ1) is 10.7. The summed E-state index contributed by atoms with van der Waals surface area (Å²) >= 11 is 5.68. The summed E-state index contributed by atoms with van der Waals surface area (Å²) in [5.74, 6) is 0. The third kappa shape index (κ3) is 6.78. The van der Waals surface area contributed by atoms with Gasteiger partial charge in [0.1, 0.15) is 0 Å². The summed E-state index contributed by atoms with van der Waals surface area (Å²) in [5.41, 5.74) is 2.48. The highest BCUT2D eigenvalue weighted by atomic mass is 32.1. The highest BCUT2D eigenvalue weighted by molar-refractivity contribution is 7.80. The summed E-state index contributed by atoms with van der Waals surface area (Å²) in [6.07, 6.45) is 8.53. The van der Waals surface area contributed by atoms with E-state index in [1.807, 2.05) is 0 Å². The van der Waals surface area contributed by atoms with Crippen LogP contribution in [0.2, 0.25) is 0 Å². The number of aryl methyl sites for hydroxylation is 1. The summed E-state index contributed by atoms with van der Waals surface area (Å²) in [4.78, 5) is 2.35. The molecule has 0 aliphatic carbocycles. The Bertz CT molecular complexity index is 421. The lowest BCUT2D eigenvalue weighted by molar-refractivity contribution is 0.395. The van der Waals surface area contributed by atoms with Crippen LogP contribution in [0.5, 0.6) is 0 Å². The number of unbranched alkanes of at least 4 members (excludes halogenated alkanes) is 4. The molecule has 1 rings (SSSR count). The summed E-state index contributed by atoms with van der Waals surface area (Å²) in [5, 5.41) is 4.36. The van der Waals surface area contributed by atoms with E-state index in [9.17, 15) is 0 Å². The van der Waals surface area contributed by atoms with Gasteiger partial charge in [0.2, 0.25) is 0 Å². The molecule has 0 atom stereocenters. The molecule has 124 valence electrons. The van der Waals surface area contributed by atoms with E-state index in [4.69, 9.17) is 12.2 Å². The molecule has 0 radical (unpaired) electrons. The first kappa shape index (κ1) is 19.0. The van der Waals surface area contributed by atoms with Crippen LogP contribution in [0.1, 0.15) is 64.9 Å². The fraction of sp³-hybridized carbons (Fsp3) is 0.632. The molecule has 1 aromatic rings. The smallest absolute Gasteiger partial charge is 0.173 e. The zero-order valence-electron chi connectivity index (χ0n) is 14.5. The molecule has 0 aliphatic rings. The quantitative estimate of drug-likeness (QED) is 0.444. The Labute approximate surface area is 142 Å². The number of nitrogens with zero attached hydrogens (tertiary/aromatic N) is 1. The van der Waals surface area contributed by atoms with Gasteiger partial charge in [0, 0.05) is 18.8 Å². The molecule has 0 aromatic heterocycles. The van der Waals surface area contributed by atoms with E-state index in [1.165, 1.54) is 44.1 Å². The van der Waals surface area contributed by atoms with E-state index in [2.05, 4.69) is 55.3 Å². The van der Waals surface area contributed by atoms with Crippen LogP contribution in [0, 0.1) is 0 Å². The summed E-state index contributed by atoms with van der Waals surface area (Å²) < 4.78 is 0. The molecule has 0 bridgehead atoms. The Morgan fingerprint density at radius 2 is 1.55 bits per heavy atom. The van der Waals surface area contributed by atoms with Gasteiger partial charge >= 0.3 is 0 Å². The van der Waals surface area contributed by atoms with Crippen molar-refractivity contribution in [2.75, 3.05) is 18.4 Å². The minimum Gasteiger partial charge on any atom is -0.349 e. The standard InChI is InChI=1S/C19H32N2S/c1-4-7-11-15-21(16-12-8-5-2)19(22)20-18-14-10-9-13-17(18)6-3/h9-10,13-14H,4-8,11-12,15-16H2,1-3H3,(H,20,22). The molecule has 1 aromatic carbocycles. The van der Waals surface area contributed by atoms with Crippen LogP contribution in [-0.2, 0) is 6.42 Å². The number of hydrogen-bond donors (Lipinski definition) is 1. The topological polar surface area (TPSA) is 15.3 Å². The van der Waals surface area contributed by atoms with Gasteiger partial charge in [-0.25, -0.2) is 0 Å². The molecule has 0 saturated heterocycles. The summed E-state index contributed by atoms with van der Waals surface area (Å²) in [6.45, 7) is 8.81. The lowest BCUT2D eigenvalue weighted by Crippen LogP contribution is -2.36. The second kappa shape index (κ2) is 11.5. The molecular formula is C19H32N2S. The minimum atomic E-state index is 0.883. The Balaban J connectivity index is 2.64. The molecule has 0 unspecified atom stereocenters. The molecule has 0 aliphatic heterocycles. The molecular weight excluding hydrogens is 288 g/mol. The van der Waals surface area contributed by atoms with Gasteiger partial charge in [-0.1, -0.05) is 64.7 Å². The van der Waals surface area contributed by atoms with Gasteiger partial charge in [0.05, 0.1) is 0 Å². The van der Waals surface area contributed by atoms with Crippen LogP contribution in [-0.4, -0.2) is 23.1 Å². The Hall–Kier alpha value is -1.09. The highest BCUT2D eigenvalue weighted by Gasteiger charge is 2.10. The van der Waals surface area contributed by atoms with E-state index >= 15 is 0 Å². The van der Waals surface area contributed by atoms with E-state index in [0.717, 1.165) is 30.3 Å². The van der Waals surface area contributed by atoms with Gasteiger partial charge in [0.15, 0.2) is 5.11 Å². The number of hydrogen-bond acceptors (Lipinski definition) is 1. The summed E-state index contributed by atoms with van der Waals surface area (Å²) in [7, 11) is 0. The fourth-order valence-corrected chi connectivity index (χ4v) is 2.86. The van der Waals surface area contributed by atoms with Gasteiger partial charge < -0.3 is 10.2 Å². The number of para-hydroxylation sites is 1. The average Bonchev–Trinajstić information content (AvgIpc) is 2.54. The van der Waals surface area contributed by atoms with Crippen molar-refractivity contribution in [2.45, 2.75) is 65.7 Å². The van der Waals surface area contributed by atoms with Crippen molar-refractivity contribution < 1.29 is 0 Å². The predicted molar refractivity (Wildman–Crippen MR) is 103 cm³/mol. The number of nitrogens with one attached hydrogen (secondary N) is 1. The van der Waals surface area contributed by atoms with Crippen LogP contribution < -0.4 is 5.32 Å². The number of rotatable bonds is 10. The van der Waals surface area contributed by atoms with Gasteiger partial charge in [-0.15, -0.1) is 0 Å². The second-order valence-electron chi connectivity index (χ2n) is 5.84. The first-order valence-electron chi connectivity index (χ1n) is 8.86. The lowest BCUT2D eigenvalue weighted by Gasteiger charge is -2.26. The van der Waals surface area contributed by atoms with Crippen LogP contribution in [0.3, 0.4) is 0 Å². The molecule has 1 N–H and O–H groups in total. The van der Waals surface area contributed by atoms with E-state index in [-0.39, 0.29) is 0 Å². The van der Waals surface area contributed by atoms with Gasteiger partial charge in [-0.05, 0) is 43.1 Å². The van der Waals surface area contributed by atoms with Crippen molar-refractivity contribution in [1.82, 2.24) is 4.90 Å². The first-order valence-corrected chi connectivity index (χ1v) is 9.27. The highest BCUT2D eigenvalue weighted by Crippen LogP contribution is 2.16. The van der Waals surface area contributed by atoms with Crippen molar-refractivity contribution in [3.63, 3.8) is 0 Å². The maximum atomic E-state index is 5.68. The van der Waals surface area contributed by atoms with Gasteiger partial charge in [0.25, 0.3) is 0 Å². The Kier molecular flexibility index (Phi) is 9.89. The third-order valence-corrected chi connectivity index (χ3v) is 4.35. The maximum absolute atomic E-state index is 5.68. The lowest BCUT2D eigenvalue weighted by atomic mass is 10.1. The molecule has 3 heteroatoms. The minimum absolute atomic E-state index is 0.883. The van der Waals surface area contributed by atoms with Crippen molar-refractivity contribution in [2.24, 2.45) is 0 Å². The summed E-state index contributed by atoms with van der Waals surface area (Å²) in [6, 6.07) is 8.46. The molecule has 0 fully saturated rings. The second-order valence-corrected chi connectivity index (χ2v) is 6.23. The van der Waals surface area contributed by atoms with E-state index < -0.39 is 0 Å². The Morgan fingerprint density at radius 3 is 2.09 bits per heavy atom. The van der Waals surface area contributed by atoms with Crippen LogP contribution in [0.4, 0.5) is 5.69 Å². The molecule has 2 nitrogen and oxygen atoms in total. The SMILES string of the molecule is CCCCCN(CCCCC)C(=S)Nc1ccccc1CC. The predicted octanol–water partition coefficient (Wildman–Crippen LogP) is 5.63. The average molecular weight is 321 g/mol. The number of benzene rings is 1. The largest absolute Gasteiger partial charge is 0.349 e. The molecule has 0 spiro atoms. The van der Waals surface area contributed by atoms with Gasteiger partial charge in [-0.3, -0.25) is 0 Å². The van der Waals surface area contributed by atoms with Crippen LogP contribution in [0.15, 0.2) is 24.3 Å².